The third kappa shape index (κ3) is 3.91. The highest BCUT2D eigenvalue weighted by atomic mass is 32.2. The predicted octanol–water partition coefficient (Wildman–Crippen LogP) is 2.54. The number of nitrogens with one attached hydrogen (secondary N) is 1. The van der Waals surface area contributed by atoms with Crippen LogP contribution in [-0.4, -0.2) is 40.5 Å². The SMILES string of the molecule is O=C1CCCCN1c1ccc(S(=O)(=O)NCCN2CCc3ccccc32)cc1. The van der Waals surface area contributed by atoms with Crippen molar-refractivity contribution >= 4 is 27.3 Å². The van der Waals surface area contributed by atoms with E-state index in [0.717, 1.165) is 31.5 Å². The van der Waals surface area contributed by atoms with E-state index in [2.05, 4.69) is 21.8 Å². The lowest BCUT2D eigenvalue weighted by Crippen LogP contribution is -2.35. The number of piperidine rings is 1. The molecular formula is C21H25N3O3S. The number of hydrogen-bond donors (Lipinski definition) is 1. The molecule has 2 aromatic rings. The fourth-order valence-electron chi connectivity index (χ4n) is 3.92. The number of nitrogens with zero attached hydrogens (tertiary/aromatic N) is 2. The molecule has 0 aliphatic carbocycles. The van der Waals surface area contributed by atoms with E-state index in [9.17, 15) is 13.2 Å². The highest BCUT2D eigenvalue weighted by Gasteiger charge is 2.22. The summed E-state index contributed by atoms with van der Waals surface area (Å²) in [5.41, 5.74) is 3.27. The maximum atomic E-state index is 12.6. The summed E-state index contributed by atoms with van der Waals surface area (Å²) in [7, 11) is -3.57. The number of amides is 1. The average molecular weight is 400 g/mol. The van der Waals surface area contributed by atoms with Gasteiger partial charge in [0.15, 0.2) is 0 Å². The van der Waals surface area contributed by atoms with Crippen LogP contribution in [0.15, 0.2) is 53.4 Å². The molecule has 0 atom stereocenters. The average Bonchev–Trinajstić information content (AvgIpc) is 3.12. The highest BCUT2D eigenvalue weighted by molar-refractivity contribution is 7.89. The fraction of sp³-hybridized carbons (Fsp3) is 0.381. The molecule has 7 heteroatoms. The summed E-state index contributed by atoms with van der Waals surface area (Å²) in [5.74, 6) is 0.103. The van der Waals surface area contributed by atoms with Gasteiger partial charge in [0.25, 0.3) is 0 Å². The van der Waals surface area contributed by atoms with Crippen LogP contribution in [0.3, 0.4) is 0 Å². The number of fused-ring (bicyclic) bond motifs is 1. The molecule has 0 radical (unpaired) electrons. The zero-order valence-corrected chi connectivity index (χ0v) is 16.6. The molecule has 0 saturated carbocycles. The van der Waals surface area contributed by atoms with Gasteiger partial charge in [-0.3, -0.25) is 4.79 Å². The number of benzene rings is 2. The molecule has 1 N–H and O–H groups in total. The second-order valence-electron chi connectivity index (χ2n) is 7.26. The van der Waals surface area contributed by atoms with Gasteiger partial charge < -0.3 is 9.80 Å². The lowest BCUT2D eigenvalue weighted by molar-refractivity contribution is -0.119. The summed E-state index contributed by atoms with van der Waals surface area (Å²) >= 11 is 0. The summed E-state index contributed by atoms with van der Waals surface area (Å²) in [4.78, 5) is 16.2. The predicted molar refractivity (Wildman–Crippen MR) is 110 cm³/mol. The van der Waals surface area contributed by atoms with Crippen molar-refractivity contribution in [3.8, 4) is 0 Å². The number of anilines is 2. The molecule has 0 unspecified atom stereocenters. The van der Waals surface area contributed by atoms with Gasteiger partial charge >= 0.3 is 0 Å². The van der Waals surface area contributed by atoms with Crippen LogP contribution in [0.25, 0.3) is 0 Å². The van der Waals surface area contributed by atoms with Crippen molar-refractivity contribution in [2.45, 2.75) is 30.6 Å². The van der Waals surface area contributed by atoms with Gasteiger partial charge in [-0.15, -0.1) is 0 Å². The molecule has 2 heterocycles. The maximum Gasteiger partial charge on any atom is 0.240 e. The van der Waals surface area contributed by atoms with E-state index in [1.54, 1.807) is 29.2 Å². The monoisotopic (exact) mass is 399 g/mol. The Kier molecular flexibility index (Phi) is 5.37. The number of carbonyl (C=O) groups excluding carboxylic acids is 1. The van der Waals surface area contributed by atoms with Crippen molar-refractivity contribution in [2.24, 2.45) is 0 Å². The first-order valence-corrected chi connectivity index (χ1v) is 11.3. The van der Waals surface area contributed by atoms with Gasteiger partial charge in [0.1, 0.15) is 0 Å². The Morgan fingerprint density at radius 3 is 2.50 bits per heavy atom. The Balaban J connectivity index is 1.37. The smallest absolute Gasteiger partial charge is 0.240 e. The Morgan fingerprint density at radius 1 is 0.929 bits per heavy atom. The molecule has 0 bridgehead atoms. The molecule has 2 aromatic carbocycles. The molecule has 1 saturated heterocycles. The van der Waals surface area contributed by atoms with Crippen LogP contribution in [-0.2, 0) is 21.2 Å². The molecule has 6 nitrogen and oxygen atoms in total. The minimum Gasteiger partial charge on any atom is -0.370 e. The van der Waals surface area contributed by atoms with Crippen LogP contribution < -0.4 is 14.5 Å². The van der Waals surface area contributed by atoms with E-state index in [0.29, 0.717) is 26.1 Å². The van der Waals surface area contributed by atoms with Crippen molar-refractivity contribution in [3.63, 3.8) is 0 Å². The third-order valence-corrected chi connectivity index (χ3v) is 6.92. The number of sulfonamides is 1. The number of para-hydroxylation sites is 1. The van der Waals surface area contributed by atoms with Crippen LogP contribution in [0.5, 0.6) is 0 Å². The van der Waals surface area contributed by atoms with Crippen molar-refractivity contribution < 1.29 is 13.2 Å². The topological polar surface area (TPSA) is 69.7 Å². The van der Waals surface area contributed by atoms with E-state index in [-0.39, 0.29) is 10.8 Å². The van der Waals surface area contributed by atoms with Gasteiger partial charge in [-0.2, -0.15) is 0 Å². The Morgan fingerprint density at radius 2 is 1.71 bits per heavy atom. The second kappa shape index (κ2) is 7.93. The third-order valence-electron chi connectivity index (χ3n) is 5.44. The zero-order valence-electron chi connectivity index (χ0n) is 15.8. The first-order valence-electron chi connectivity index (χ1n) is 9.77. The zero-order chi connectivity index (χ0) is 19.6. The van der Waals surface area contributed by atoms with E-state index < -0.39 is 10.0 Å². The summed E-state index contributed by atoms with van der Waals surface area (Å²) in [6, 6.07) is 14.8. The highest BCUT2D eigenvalue weighted by Crippen LogP contribution is 2.27. The summed E-state index contributed by atoms with van der Waals surface area (Å²) in [5, 5.41) is 0. The minimum absolute atomic E-state index is 0.103. The first-order chi connectivity index (χ1) is 13.5. The standard InChI is InChI=1S/C21H25N3O3S/c25-21-7-3-4-14-24(21)18-8-10-19(11-9-18)28(26,27)22-13-16-23-15-12-17-5-1-2-6-20(17)23/h1-2,5-6,8-11,22H,3-4,7,12-16H2. The molecule has 148 valence electrons. The van der Waals surface area contributed by atoms with E-state index in [1.165, 1.54) is 11.3 Å². The molecule has 0 spiro atoms. The van der Waals surface area contributed by atoms with Gasteiger partial charge in [0, 0.05) is 44.0 Å². The molecule has 4 rings (SSSR count). The molecule has 1 amide bonds. The minimum atomic E-state index is -3.57. The van der Waals surface area contributed by atoms with Gasteiger partial charge in [0.05, 0.1) is 4.90 Å². The van der Waals surface area contributed by atoms with Crippen molar-refractivity contribution in [1.82, 2.24) is 4.72 Å². The molecular weight excluding hydrogens is 374 g/mol. The molecule has 1 fully saturated rings. The van der Waals surface area contributed by atoms with Crippen LogP contribution in [0.4, 0.5) is 11.4 Å². The van der Waals surface area contributed by atoms with Crippen LogP contribution in [0.1, 0.15) is 24.8 Å². The maximum absolute atomic E-state index is 12.6. The fourth-order valence-corrected chi connectivity index (χ4v) is 4.94. The van der Waals surface area contributed by atoms with Crippen molar-refractivity contribution in [3.05, 3.63) is 54.1 Å². The Labute approximate surface area is 166 Å². The number of hydrogen-bond acceptors (Lipinski definition) is 4. The number of rotatable bonds is 6. The molecule has 2 aliphatic rings. The van der Waals surface area contributed by atoms with Crippen molar-refractivity contribution in [2.75, 3.05) is 36.0 Å². The normalized spacial score (nSPS) is 17.1. The van der Waals surface area contributed by atoms with Crippen LogP contribution >= 0.6 is 0 Å². The Bertz CT molecular complexity index is 957. The van der Waals surface area contributed by atoms with Crippen LogP contribution in [0, 0.1) is 0 Å². The first kappa shape index (κ1) is 19.0. The van der Waals surface area contributed by atoms with Gasteiger partial charge in [-0.1, -0.05) is 18.2 Å². The number of carbonyl (C=O) groups is 1. The van der Waals surface area contributed by atoms with Crippen LogP contribution in [0.2, 0.25) is 0 Å². The Hall–Kier alpha value is -2.38. The summed E-state index contributed by atoms with van der Waals surface area (Å²) in [6.45, 7) is 2.60. The second-order valence-corrected chi connectivity index (χ2v) is 9.03. The van der Waals surface area contributed by atoms with Gasteiger partial charge in [0.2, 0.25) is 15.9 Å². The van der Waals surface area contributed by atoms with E-state index >= 15 is 0 Å². The van der Waals surface area contributed by atoms with Crippen molar-refractivity contribution in [1.29, 1.82) is 0 Å². The summed E-state index contributed by atoms with van der Waals surface area (Å²) < 4.78 is 27.9. The molecule has 0 aromatic heterocycles. The lowest BCUT2D eigenvalue weighted by Gasteiger charge is -2.26. The van der Waals surface area contributed by atoms with E-state index in [1.807, 2.05) is 12.1 Å². The van der Waals surface area contributed by atoms with Gasteiger partial charge in [-0.05, 0) is 55.2 Å². The largest absolute Gasteiger partial charge is 0.370 e. The quantitative estimate of drug-likeness (QED) is 0.811. The lowest BCUT2D eigenvalue weighted by atomic mass is 10.1. The van der Waals surface area contributed by atoms with Gasteiger partial charge in [-0.25, -0.2) is 13.1 Å². The summed E-state index contributed by atoms with van der Waals surface area (Å²) in [6.07, 6.45) is 3.46. The molecule has 2 aliphatic heterocycles. The molecule has 28 heavy (non-hydrogen) atoms. The van der Waals surface area contributed by atoms with E-state index in [4.69, 9.17) is 0 Å².